The third kappa shape index (κ3) is 1.73. The van der Waals surface area contributed by atoms with Gasteiger partial charge in [0.1, 0.15) is 0 Å². The van der Waals surface area contributed by atoms with Crippen molar-refractivity contribution in [2.24, 2.45) is 29.6 Å². The van der Waals surface area contributed by atoms with Crippen molar-refractivity contribution in [3.8, 4) is 0 Å². The molecule has 1 aromatic carbocycles. The third-order valence-electron chi connectivity index (χ3n) is 5.40. The van der Waals surface area contributed by atoms with Crippen molar-refractivity contribution in [2.75, 3.05) is 0 Å². The first-order valence-electron chi connectivity index (χ1n) is 6.88. The van der Waals surface area contributed by atoms with Crippen LogP contribution in [0.15, 0.2) is 6.07 Å². The van der Waals surface area contributed by atoms with Crippen LogP contribution in [0, 0.1) is 29.6 Å². The SMILES string of the molecule is O=C(c1c(Cl)cc(Cl)c(Cl)c1Cl)C1C2C3CCC(C3)C12. The quantitative estimate of drug-likeness (QED) is 0.376. The summed E-state index contributed by atoms with van der Waals surface area (Å²) in [5.41, 5.74) is 0.363. The first kappa shape index (κ1) is 13.7. The van der Waals surface area contributed by atoms with Crippen molar-refractivity contribution in [3.63, 3.8) is 0 Å². The largest absolute Gasteiger partial charge is 0.294 e. The number of hydrogen-bond acceptors (Lipinski definition) is 1. The zero-order valence-electron chi connectivity index (χ0n) is 10.5. The number of halogens is 4. The Kier molecular flexibility index (Phi) is 3.10. The molecule has 0 heterocycles. The molecule has 1 aromatic rings. The normalized spacial score (nSPS) is 37.1. The van der Waals surface area contributed by atoms with Gasteiger partial charge in [-0.25, -0.2) is 0 Å². The number of fused-ring (bicyclic) bond motifs is 5. The molecule has 3 fully saturated rings. The van der Waals surface area contributed by atoms with Crippen LogP contribution in [0.1, 0.15) is 29.6 Å². The lowest BCUT2D eigenvalue weighted by Crippen LogP contribution is -2.11. The summed E-state index contributed by atoms with van der Waals surface area (Å²) in [5, 5.41) is 1.02. The molecule has 4 atom stereocenters. The first-order valence-corrected chi connectivity index (χ1v) is 8.39. The van der Waals surface area contributed by atoms with E-state index >= 15 is 0 Å². The lowest BCUT2D eigenvalue weighted by Gasteiger charge is -2.12. The number of Topliss-reactive ketones (excluding diaryl/α,β-unsaturated/α-hetero) is 1. The number of rotatable bonds is 2. The zero-order chi connectivity index (χ0) is 14.2. The van der Waals surface area contributed by atoms with Crippen LogP contribution in [-0.4, -0.2) is 5.78 Å². The highest BCUT2D eigenvalue weighted by molar-refractivity contribution is 6.51. The molecule has 0 aromatic heterocycles. The van der Waals surface area contributed by atoms with Crippen molar-refractivity contribution in [1.29, 1.82) is 0 Å². The Bertz CT molecular complexity index is 611. The minimum atomic E-state index is 0.0603. The average Bonchev–Trinajstić information content (AvgIpc) is 2.84. The number of ketones is 1. The van der Waals surface area contributed by atoms with Crippen LogP contribution < -0.4 is 0 Å². The molecule has 3 aliphatic carbocycles. The van der Waals surface area contributed by atoms with Crippen molar-refractivity contribution >= 4 is 52.2 Å². The summed E-state index contributed by atoms with van der Waals surface area (Å²) in [4.78, 5) is 12.8. The van der Waals surface area contributed by atoms with Crippen molar-refractivity contribution in [2.45, 2.75) is 19.3 Å². The number of hydrogen-bond donors (Lipinski definition) is 0. The van der Waals surface area contributed by atoms with E-state index < -0.39 is 0 Å². The van der Waals surface area contributed by atoms with E-state index in [2.05, 4.69) is 0 Å². The Balaban J connectivity index is 1.70. The summed E-state index contributed by atoms with van der Waals surface area (Å²) < 4.78 is 0. The molecule has 0 saturated heterocycles. The molecule has 1 nitrogen and oxygen atoms in total. The molecule has 0 amide bonds. The Morgan fingerprint density at radius 1 is 0.950 bits per heavy atom. The van der Waals surface area contributed by atoms with E-state index in [-0.39, 0.29) is 26.8 Å². The summed E-state index contributed by atoms with van der Waals surface area (Å²) in [7, 11) is 0. The van der Waals surface area contributed by atoms with Gasteiger partial charge in [-0.2, -0.15) is 0 Å². The summed E-state index contributed by atoms with van der Waals surface area (Å²) in [6.45, 7) is 0. The van der Waals surface area contributed by atoms with E-state index in [9.17, 15) is 4.79 Å². The third-order valence-corrected chi connectivity index (χ3v) is 6.96. The number of benzene rings is 1. The maximum absolute atomic E-state index is 12.8. The van der Waals surface area contributed by atoms with E-state index in [0.717, 1.165) is 11.8 Å². The number of carbonyl (C=O) groups excluding carboxylic acids is 1. The Labute approximate surface area is 137 Å². The summed E-state index contributed by atoms with van der Waals surface area (Å²) >= 11 is 24.3. The summed E-state index contributed by atoms with van der Waals surface area (Å²) in [5.74, 6) is 2.75. The second-order valence-electron chi connectivity index (χ2n) is 6.22. The Morgan fingerprint density at radius 3 is 2.15 bits per heavy atom. The van der Waals surface area contributed by atoms with Crippen LogP contribution in [0.4, 0.5) is 0 Å². The fourth-order valence-corrected chi connectivity index (χ4v) is 5.73. The molecule has 0 aliphatic heterocycles. The molecule has 0 N–H and O–H groups in total. The van der Waals surface area contributed by atoms with Gasteiger partial charge in [-0.1, -0.05) is 46.4 Å². The lowest BCUT2D eigenvalue weighted by molar-refractivity contribution is 0.0945. The molecule has 106 valence electrons. The van der Waals surface area contributed by atoms with E-state index in [1.807, 2.05) is 0 Å². The van der Waals surface area contributed by atoms with E-state index in [4.69, 9.17) is 46.4 Å². The van der Waals surface area contributed by atoms with Crippen LogP contribution in [0.2, 0.25) is 20.1 Å². The molecule has 3 saturated carbocycles. The molecule has 0 radical (unpaired) electrons. The molecule has 2 bridgehead atoms. The molecule has 3 aliphatic rings. The van der Waals surface area contributed by atoms with Gasteiger partial charge in [-0.05, 0) is 49.0 Å². The van der Waals surface area contributed by atoms with Gasteiger partial charge in [0.05, 0.1) is 25.7 Å². The van der Waals surface area contributed by atoms with Crippen LogP contribution in [0.3, 0.4) is 0 Å². The molecular formula is C15H12Cl4O. The van der Waals surface area contributed by atoms with Crippen LogP contribution >= 0.6 is 46.4 Å². The second kappa shape index (κ2) is 4.52. The monoisotopic (exact) mass is 348 g/mol. The highest BCUT2D eigenvalue weighted by Crippen LogP contribution is 2.70. The van der Waals surface area contributed by atoms with Gasteiger partial charge in [-0.3, -0.25) is 4.79 Å². The van der Waals surface area contributed by atoms with Crippen LogP contribution in [0.5, 0.6) is 0 Å². The topological polar surface area (TPSA) is 17.1 Å². The van der Waals surface area contributed by atoms with Gasteiger partial charge in [0.15, 0.2) is 5.78 Å². The maximum atomic E-state index is 12.8. The van der Waals surface area contributed by atoms with E-state index in [0.29, 0.717) is 22.4 Å². The van der Waals surface area contributed by atoms with E-state index in [1.165, 1.54) is 25.3 Å². The van der Waals surface area contributed by atoms with Gasteiger partial charge in [0.2, 0.25) is 0 Å². The fraction of sp³-hybridized carbons (Fsp3) is 0.533. The van der Waals surface area contributed by atoms with Gasteiger partial charge >= 0.3 is 0 Å². The molecular weight excluding hydrogens is 338 g/mol. The van der Waals surface area contributed by atoms with Crippen molar-refractivity contribution in [1.82, 2.24) is 0 Å². The highest BCUT2D eigenvalue weighted by atomic mass is 35.5. The minimum Gasteiger partial charge on any atom is -0.294 e. The first-order chi connectivity index (χ1) is 9.50. The zero-order valence-corrected chi connectivity index (χ0v) is 13.5. The predicted octanol–water partition coefficient (Wildman–Crippen LogP) is 5.78. The number of carbonyl (C=O) groups is 1. The van der Waals surface area contributed by atoms with Crippen molar-refractivity contribution in [3.05, 3.63) is 31.7 Å². The average molecular weight is 350 g/mol. The minimum absolute atomic E-state index is 0.0603. The maximum Gasteiger partial charge on any atom is 0.169 e. The highest BCUT2D eigenvalue weighted by Gasteiger charge is 2.67. The van der Waals surface area contributed by atoms with E-state index in [1.54, 1.807) is 0 Å². The standard InChI is InChI=1S/C15H12Cl4O/c16-7-4-8(17)13(18)14(19)11(7)15(20)12-9-5-1-2-6(3-5)10(9)12/h4-6,9-10,12H,1-3H2. The van der Waals surface area contributed by atoms with Gasteiger partial charge < -0.3 is 0 Å². The van der Waals surface area contributed by atoms with Crippen molar-refractivity contribution < 1.29 is 4.79 Å². The van der Waals surface area contributed by atoms with Gasteiger partial charge in [0.25, 0.3) is 0 Å². The van der Waals surface area contributed by atoms with Gasteiger partial charge in [-0.15, -0.1) is 0 Å². The molecule has 0 spiro atoms. The Morgan fingerprint density at radius 2 is 1.55 bits per heavy atom. The summed E-state index contributed by atoms with van der Waals surface area (Å²) in [6.07, 6.45) is 3.86. The summed E-state index contributed by atoms with van der Waals surface area (Å²) in [6, 6.07) is 1.51. The Hall–Kier alpha value is 0.0500. The molecule has 5 heteroatoms. The molecule has 4 unspecified atom stereocenters. The van der Waals surface area contributed by atoms with Gasteiger partial charge in [0, 0.05) is 5.92 Å². The van der Waals surface area contributed by atoms with Crippen LogP contribution in [0.25, 0.3) is 0 Å². The smallest absolute Gasteiger partial charge is 0.169 e. The lowest BCUT2D eigenvalue weighted by atomic mass is 9.96. The fourth-order valence-electron chi connectivity index (χ4n) is 4.63. The molecule has 20 heavy (non-hydrogen) atoms. The molecule has 4 rings (SSSR count). The second-order valence-corrected chi connectivity index (χ2v) is 7.79. The van der Waals surface area contributed by atoms with Crippen LogP contribution in [-0.2, 0) is 0 Å². The predicted molar refractivity (Wildman–Crippen MR) is 82.1 cm³/mol.